The lowest BCUT2D eigenvalue weighted by molar-refractivity contribution is -0.136. The number of carbonyl (C=O) groups excluding carboxylic acids is 2. The molecule has 0 radical (unpaired) electrons. The predicted octanol–water partition coefficient (Wildman–Crippen LogP) is 2.37. The first-order chi connectivity index (χ1) is 11.2. The molecule has 0 unspecified atom stereocenters. The summed E-state index contributed by atoms with van der Waals surface area (Å²) < 4.78 is 4.75. The van der Waals surface area contributed by atoms with Gasteiger partial charge in [0, 0.05) is 31.1 Å². The van der Waals surface area contributed by atoms with E-state index in [2.05, 4.69) is 4.90 Å². The van der Waals surface area contributed by atoms with Gasteiger partial charge in [0.15, 0.2) is 0 Å². The van der Waals surface area contributed by atoms with Gasteiger partial charge in [-0.2, -0.15) is 0 Å². The van der Waals surface area contributed by atoms with Crippen LogP contribution in [0.15, 0.2) is 12.1 Å². The molecule has 3 heterocycles. The molecule has 2 fully saturated rings. The maximum atomic E-state index is 12.6. The molecule has 0 spiro atoms. The standard InChI is InChI=1S/C17H24N2O3S/c1-22-17(21)15-7-6-14(23-15)12-18-8-4-5-13(11-18)16(20)19-9-2-3-10-19/h6-7,13H,2-5,8-12H2,1H3/t13-/m0/s1. The molecule has 23 heavy (non-hydrogen) atoms. The number of likely N-dealkylation sites (tertiary alicyclic amines) is 2. The van der Waals surface area contributed by atoms with Crippen molar-refractivity contribution in [2.24, 2.45) is 5.92 Å². The fourth-order valence-electron chi connectivity index (χ4n) is 3.49. The first kappa shape index (κ1) is 16.5. The number of nitrogens with zero attached hydrogens (tertiary/aromatic N) is 2. The third-order valence-electron chi connectivity index (χ3n) is 4.70. The molecule has 2 aliphatic rings. The van der Waals surface area contributed by atoms with Gasteiger partial charge in [-0.3, -0.25) is 9.69 Å². The van der Waals surface area contributed by atoms with E-state index in [0.29, 0.717) is 10.8 Å². The monoisotopic (exact) mass is 336 g/mol. The van der Waals surface area contributed by atoms with Gasteiger partial charge in [0.1, 0.15) is 4.88 Å². The molecule has 6 heteroatoms. The third-order valence-corrected chi connectivity index (χ3v) is 5.75. The summed E-state index contributed by atoms with van der Waals surface area (Å²) in [7, 11) is 1.40. The van der Waals surface area contributed by atoms with Gasteiger partial charge in [-0.25, -0.2) is 4.79 Å². The molecule has 1 aromatic heterocycles. The lowest BCUT2D eigenvalue weighted by atomic mass is 9.96. The van der Waals surface area contributed by atoms with Crippen molar-refractivity contribution in [2.75, 3.05) is 33.3 Å². The average Bonchev–Trinajstić information content (AvgIpc) is 3.25. The Hall–Kier alpha value is -1.40. The summed E-state index contributed by atoms with van der Waals surface area (Å²) in [6.07, 6.45) is 4.37. The minimum atomic E-state index is -0.276. The van der Waals surface area contributed by atoms with Gasteiger partial charge >= 0.3 is 5.97 Å². The number of methoxy groups -OCH3 is 1. The maximum absolute atomic E-state index is 12.6. The molecule has 3 rings (SSSR count). The van der Waals surface area contributed by atoms with Crippen LogP contribution in [0.1, 0.15) is 40.2 Å². The number of rotatable bonds is 4. The second-order valence-electron chi connectivity index (χ2n) is 6.36. The minimum absolute atomic E-state index is 0.141. The highest BCUT2D eigenvalue weighted by molar-refractivity contribution is 7.13. The van der Waals surface area contributed by atoms with Crippen LogP contribution in [-0.4, -0.2) is 55.0 Å². The van der Waals surface area contributed by atoms with E-state index < -0.39 is 0 Å². The van der Waals surface area contributed by atoms with E-state index >= 15 is 0 Å². The average molecular weight is 336 g/mol. The molecule has 0 N–H and O–H groups in total. The van der Waals surface area contributed by atoms with Gasteiger partial charge in [-0.15, -0.1) is 11.3 Å². The highest BCUT2D eigenvalue weighted by Gasteiger charge is 2.30. The Morgan fingerprint density at radius 1 is 1.22 bits per heavy atom. The van der Waals surface area contributed by atoms with E-state index in [1.54, 1.807) is 0 Å². The highest BCUT2D eigenvalue weighted by atomic mass is 32.1. The van der Waals surface area contributed by atoms with E-state index in [1.165, 1.54) is 18.4 Å². The third kappa shape index (κ3) is 3.93. The molecule has 2 aliphatic heterocycles. The van der Waals surface area contributed by atoms with Crippen LogP contribution < -0.4 is 0 Å². The predicted molar refractivity (Wildman–Crippen MR) is 89.5 cm³/mol. The number of ether oxygens (including phenoxy) is 1. The summed E-state index contributed by atoms with van der Waals surface area (Å²) in [6, 6.07) is 3.81. The quantitative estimate of drug-likeness (QED) is 0.792. The normalized spacial score (nSPS) is 22.3. The van der Waals surface area contributed by atoms with Crippen LogP contribution in [0.2, 0.25) is 0 Å². The zero-order valence-corrected chi connectivity index (χ0v) is 14.4. The fraction of sp³-hybridized carbons (Fsp3) is 0.647. The number of hydrogen-bond donors (Lipinski definition) is 0. The van der Waals surface area contributed by atoms with Crippen molar-refractivity contribution >= 4 is 23.2 Å². The summed E-state index contributed by atoms with van der Waals surface area (Å²) in [5.41, 5.74) is 0. The van der Waals surface area contributed by atoms with Crippen molar-refractivity contribution in [3.8, 4) is 0 Å². The van der Waals surface area contributed by atoms with Crippen molar-refractivity contribution in [3.63, 3.8) is 0 Å². The Balaban J connectivity index is 1.57. The lowest BCUT2D eigenvalue weighted by Crippen LogP contribution is -2.43. The summed E-state index contributed by atoms with van der Waals surface area (Å²) in [5.74, 6) is 0.206. The Labute approximate surface area is 141 Å². The molecule has 5 nitrogen and oxygen atoms in total. The van der Waals surface area contributed by atoms with Crippen LogP contribution >= 0.6 is 11.3 Å². The Morgan fingerprint density at radius 2 is 2.00 bits per heavy atom. The molecule has 0 bridgehead atoms. The van der Waals surface area contributed by atoms with E-state index in [9.17, 15) is 9.59 Å². The van der Waals surface area contributed by atoms with Crippen LogP contribution in [0, 0.1) is 5.92 Å². The summed E-state index contributed by atoms with van der Waals surface area (Å²) in [6.45, 7) is 4.53. The topological polar surface area (TPSA) is 49.9 Å². The SMILES string of the molecule is COC(=O)c1ccc(CN2CCC[C@H](C(=O)N3CCCC3)C2)s1. The van der Waals surface area contributed by atoms with Gasteiger partial charge in [-0.1, -0.05) is 0 Å². The molecular weight excluding hydrogens is 312 g/mol. The first-order valence-electron chi connectivity index (χ1n) is 8.35. The summed E-state index contributed by atoms with van der Waals surface area (Å²) in [4.78, 5) is 30.3. The summed E-state index contributed by atoms with van der Waals surface area (Å²) >= 11 is 1.48. The molecule has 1 amide bonds. The largest absolute Gasteiger partial charge is 0.465 e. The number of carbonyl (C=O) groups is 2. The molecular formula is C17H24N2O3S. The van der Waals surface area contributed by atoms with E-state index in [1.807, 2.05) is 17.0 Å². The van der Waals surface area contributed by atoms with Gasteiger partial charge in [0.2, 0.25) is 5.91 Å². The number of thiophene rings is 1. The minimum Gasteiger partial charge on any atom is -0.465 e. The molecule has 1 aromatic rings. The van der Waals surface area contributed by atoms with Gasteiger partial charge in [0.05, 0.1) is 13.0 Å². The van der Waals surface area contributed by atoms with Crippen molar-refractivity contribution in [1.82, 2.24) is 9.80 Å². The van der Waals surface area contributed by atoms with Crippen molar-refractivity contribution in [3.05, 3.63) is 21.9 Å². The van der Waals surface area contributed by atoms with E-state index in [0.717, 1.165) is 63.3 Å². The van der Waals surface area contributed by atoms with Gasteiger partial charge < -0.3 is 9.64 Å². The molecule has 126 valence electrons. The fourth-order valence-corrected chi connectivity index (χ4v) is 4.46. The van der Waals surface area contributed by atoms with Gasteiger partial charge in [0.25, 0.3) is 0 Å². The molecule has 1 atom stereocenters. The molecule has 0 aromatic carbocycles. The smallest absolute Gasteiger partial charge is 0.348 e. The number of piperidine rings is 1. The molecule has 2 saturated heterocycles. The Morgan fingerprint density at radius 3 is 2.74 bits per heavy atom. The first-order valence-corrected chi connectivity index (χ1v) is 9.17. The van der Waals surface area contributed by atoms with Crippen molar-refractivity contribution in [2.45, 2.75) is 32.2 Å². The number of amides is 1. The molecule has 0 aliphatic carbocycles. The van der Waals surface area contributed by atoms with Crippen molar-refractivity contribution in [1.29, 1.82) is 0 Å². The maximum Gasteiger partial charge on any atom is 0.348 e. The highest BCUT2D eigenvalue weighted by Crippen LogP contribution is 2.25. The Kier molecular flexibility index (Phi) is 5.33. The lowest BCUT2D eigenvalue weighted by Gasteiger charge is -2.33. The number of hydrogen-bond acceptors (Lipinski definition) is 5. The van der Waals surface area contributed by atoms with E-state index in [4.69, 9.17) is 4.74 Å². The van der Waals surface area contributed by atoms with Crippen LogP contribution in [-0.2, 0) is 16.1 Å². The Bertz CT molecular complexity index is 566. The van der Waals surface area contributed by atoms with Gasteiger partial charge in [-0.05, 0) is 44.4 Å². The summed E-state index contributed by atoms with van der Waals surface area (Å²) in [5, 5.41) is 0. The molecule has 0 saturated carbocycles. The van der Waals surface area contributed by atoms with E-state index in [-0.39, 0.29) is 11.9 Å². The van der Waals surface area contributed by atoms with Crippen LogP contribution in [0.3, 0.4) is 0 Å². The van der Waals surface area contributed by atoms with Crippen molar-refractivity contribution < 1.29 is 14.3 Å². The second kappa shape index (κ2) is 7.45. The van der Waals surface area contributed by atoms with Crippen LogP contribution in [0.4, 0.5) is 0 Å². The van der Waals surface area contributed by atoms with Crippen LogP contribution in [0.25, 0.3) is 0 Å². The zero-order chi connectivity index (χ0) is 16.2. The zero-order valence-electron chi connectivity index (χ0n) is 13.6. The van der Waals surface area contributed by atoms with Crippen LogP contribution in [0.5, 0.6) is 0 Å². The second-order valence-corrected chi connectivity index (χ2v) is 7.53. The number of esters is 1.